The molecule has 0 radical (unpaired) electrons. The van der Waals surface area contributed by atoms with E-state index in [1.165, 1.54) is 0 Å². The number of para-hydroxylation sites is 1. The Morgan fingerprint density at radius 3 is 2.59 bits per heavy atom. The van der Waals surface area contributed by atoms with Gasteiger partial charge >= 0.3 is 0 Å². The van der Waals surface area contributed by atoms with E-state index in [4.69, 9.17) is 13.9 Å². The Balaban J connectivity index is 1.69. The summed E-state index contributed by atoms with van der Waals surface area (Å²) in [5, 5.41) is 21.0. The number of ether oxygens (including phenoxy) is 2. The van der Waals surface area contributed by atoms with Crippen LogP contribution in [0, 0.1) is 0 Å². The van der Waals surface area contributed by atoms with Crippen LogP contribution in [0.3, 0.4) is 0 Å². The molecule has 3 aromatic rings. The van der Waals surface area contributed by atoms with Gasteiger partial charge in [0.15, 0.2) is 5.43 Å². The standard InChI is InChI=1S/C21H20O6/c1-25-13-8-6-12(7-9-13)11-26-17-10-15(22)20(24)21-18(17)19(23)14-4-2-3-5-16(14)27-21/h2-9,15,17,20,22,24H,10-11H2,1H3/t15-,17+,20-/m0/s1. The first kappa shape index (κ1) is 17.7. The summed E-state index contributed by atoms with van der Waals surface area (Å²) in [6, 6.07) is 14.3. The van der Waals surface area contributed by atoms with Crippen LogP contribution in [0.25, 0.3) is 11.0 Å². The molecular formula is C21H20O6. The van der Waals surface area contributed by atoms with Crippen molar-refractivity contribution in [3.8, 4) is 5.75 Å². The molecule has 3 atom stereocenters. The molecule has 140 valence electrons. The quantitative estimate of drug-likeness (QED) is 0.736. The van der Waals surface area contributed by atoms with Gasteiger partial charge in [-0.25, -0.2) is 0 Å². The van der Waals surface area contributed by atoms with E-state index in [9.17, 15) is 15.0 Å². The molecule has 1 aliphatic rings. The Morgan fingerprint density at radius 2 is 1.85 bits per heavy atom. The van der Waals surface area contributed by atoms with E-state index in [0.717, 1.165) is 11.3 Å². The van der Waals surface area contributed by atoms with Crippen molar-refractivity contribution in [2.24, 2.45) is 0 Å². The topological polar surface area (TPSA) is 89.1 Å². The zero-order chi connectivity index (χ0) is 19.0. The number of aliphatic hydroxyl groups is 2. The Hall–Kier alpha value is -2.67. The van der Waals surface area contributed by atoms with E-state index in [0.29, 0.717) is 11.0 Å². The van der Waals surface area contributed by atoms with Crippen molar-refractivity contribution in [2.45, 2.75) is 31.3 Å². The van der Waals surface area contributed by atoms with Gasteiger partial charge in [0.2, 0.25) is 0 Å². The minimum Gasteiger partial charge on any atom is -0.497 e. The van der Waals surface area contributed by atoms with Gasteiger partial charge in [0.25, 0.3) is 0 Å². The van der Waals surface area contributed by atoms with E-state index < -0.39 is 18.3 Å². The highest BCUT2D eigenvalue weighted by Crippen LogP contribution is 2.38. The van der Waals surface area contributed by atoms with Gasteiger partial charge in [-0.1, -0.05) is 24.3 Å². The highest BCUT2D eigenvalue weighted by Gasteiger charge is 2.38. The number of methoxy groups -OCH3 is 1. The largest absolute Gasteiger partial charge is 0.497 e. The summed E-state index contributed by atoms with van der Waals surface area (Å²) in [4.78, 5) is 13.0. The molecule has 0 saturated carbocycles. The predicted molar refractivity (Wildman–Crippen MR) is 98.6 cm³/mol. The van der Waals surface area contributed by atoms with Gasteiger partial charge < -0.3 is 24.1 Å². The Bertz CT molecular complexity index is 1010. The lowest BCUT2D eigenvalue weighted by molar-refractivity contribution is -0.0668. The van der Waals surface area contributed by atoms with Gasteiger partial charge in [0, 0.05) is 6.42 Å². The molecule has 0 fully saturated rings. The third kappa shape index (κ3) is 3.23. The number of fused-ring (bicyclic) bond motifs is 2. The van der Waals surface area contributed by atoms with Crippen LogP contribution in [0.5, 0.6) is 5.75 Å². The molecule has 0 spiro atoms. The molecule has 1 heterocycles. The molecule has 0 saturated heterocycles. The minimum absolute atomic E-state index is 0.0807. The SMILES string of the molecule is COc1ccc(CO[C@@H]2C[C@H](O)[C@H](O)c3oc4ccccc4c(=O)c32)cc1. The van der Waals surface area contributed by atoms with Gasteiger partial charge in [0.1, 0.15) is 23.2 Å². The summed E-state index contributed by atoms with van der Waals surface area (Å²) in [6.07, 6.45) is -2.87. The molecule has 0 aliphatic heterocycles. The van der Waals surface area contributed by atoms with Crippen LogP contribution in [-0.2, 0) is 11.3 Å². The number of rotatable bonds is 4. The van der Waals surface area contributed by atoms with Crippen molar-refractivity contribution >= 4 is 11.0 Å². The van der Waals surface area contributed by atoms with Crippen LogP contribution in [-0.4, -0.2) is 23.4 Å². The van der Waals surface area contributed by atoms with Crippen LogP contribution in [0.15, 0.2) is 57.7 Å². The van der Waals surface area contributed by atoms with E-state index in [1.807, 2.05) is 24.3 Å². The fourth-order valence-electron chi connectivity index (χ4n) is 3.41. The van der Waals surface area contributed by atoms with Crippen LogP contribution in [0.1, 0.15) is 35.5 Å². The zero-order valence-electron chi connectivity index (χ0n) is 14.8. The van der Waals surface area contributed by atoms with Crippen LogP contribution >= 0.6 is 0 Å². The third-order valence-corrected chi connectivity index (χ3v) is 4.88. The van der Waals surface area contributed by atoms with Crippen LogP contribution in [0.4, 0.5) is 0 Å². The molecule has 6 nitrogen and oxygen atoms in total. The second kappa shape index (κ2) is 7.15. The smallest absolute Gasteiger partial charge is 0.198 e. The Labute approximate surface area is 155 Å². The summed E-state index contributed by atoms with van der Waals surface area (Å²) < 4.78 is 16.8. The summed E-state index contributed by atoms with van der Waals surface area (Å²) in [7, 11) is 1.60. The molecule has 2 aromatic carbocycles. The van der Waals surface area contributed by atoms with Crippen molar-refractivity contribution in [3.63, 3.8) is 0 Å². The summed E-state index contributed by atoms with van der Waals surface area (Å²) in [5.41, 5.74) is 1.32. The summed E-state index contributed by atoms with van der Waals surface area (Å²) in [6.45, 7) is 0.253. The van der Waals surface area contributed by atoms with E-state index >= 15 is 0 Å². The van der Waals surface area contributed by atoms with E-state index in [1.54, 1.807) is 31.4 Å². The minimum atomic E-state index is -1.25. The van der Waals surface area contributed by atoms with Gasteiger partial charge in [0.05, 0.1) is 36.9 Å². The van der Waals surface area contributed by atoms with Gasteiger partial charge in [-0.15, -0.1) is 0 Å². The molecule has 0 bridgehead atoms. The van der Waals surface area contributed by atoms with Gasteiger partial charge in [-0.3, -0.25) is 4.79 Å². The van der Waals surface area contributed by atoms with Crippen molar-refractivity contribution in [1.29, 1.82) is 0 Å². The second-order valence-corrected chi connectivity index (χ2v) is 6.60. The Morgan fingerprint density at radius 1 is 1.11 bits per heavy atom. The maximum Gasteiger partial charge on any atom is 0.198 e. The number of aliphatic hydroxyl groups excluding tert-OH is 2. The Kier molecular flexibility index (Phi) is 4.70. The van der Waals surface area contributed by atoms with Crippen molar-refractivity contribution in [2.75, 3.05) is 7.11 Å². The molecule has 1 aliphatic carbocycles. The molecular weight excluding hydrogens is 348 g/mol. The van der Waals surface area contributed by atoms with Crippen LogP contribution in [0.2, 0.25) is 0 Å². The first-order chi connectivity index (χ1) is 13.1. The lowest BCUT2D eigenvalue weighted by atomic mass is 9.88. The fraction of sp³-hybridized carbons (Fsp3) is 0.286. The lowest BCUT2D eigenvalue weighted by Crippen LogP contribution is -2.33. The third-order valence-electron chi connectivity index (χ3n) is 4.88. The molecule has 4 rings (SSSR count). The highest BCUT2D eigenvalue weighted by molar-refractivity contribution is 5.77. The summed E-state index contributed by atoms with van der Waals surface area (Å²) in [5.74, 6) is 0.824. The first-order valence-corrected chi connectivity index (χ1v) is 8.74. The molecule has 1 aromatic heterocycles. The second-order valence-electron chi connectivity index (χ2n) is 6.60. The van der Waals surface area contributed by atoms with Gasteiger partial charge in [-0.05, 0) is 29.8 Å². The highest BCUT2D eigenvalue weighted by atomic mass is 16.5. The number of hydrogen-bond donors (Lipinski definition) is 2. The average Bonchev–Trinajstić information content (AvgIpc) is 2.70. The lowest BCUT2D eigenvalue weighted by Gasteiger charge is -2.31. The maximum absolute atomic E-state index is 13.0. The number of hydrogen-bond acceptors (Lipinski definition) is 6. The maximum atomic E-state index is 13.0. The molecule has 0 amide bonds. The molecule has 6 heteroatoms. The monoisotopic (exact) mass is 368 g/mol. The molecule has 0 unspecified atom stereocenters. The van der Waals surface area contributed by atoms with Gasteiger partial charge in [-0.2, -0.15) is 0 Å². The van der Waals surface area contributed by atoms with Crippen LogP contribution < -0.4 is 10.2 Å². The van der Waals surface area contributed by atoms with Crippen molar-refractivity contribution < 1.29 is 24.1 Å². The summed E-state index contributed by atoms with van der Waals surface area (Å²) >= 11 is 0. The normalized spacial score (nSPS) is 21.8. The average molecular weight is 368 g/mol. The fourth-order valence-corrected chi connectivity index (χ4v) is 3.41. The molecule has 27 heavy (non-hydrogen) atoms. The molecule has 2 N–H and O–H groups in total. The van der Waals surface area contributed by atoms with Crippen molar-refractivity contribution in [3.05, 3.63) is 75.6 Å². The first-order valence-electron chi connectivity index (χ1n) is 8.74. The number of benzene rings is 2. The zero-order valence-corrected chi connectivity index (χ0v) is 14.8. The van der Waals surface area contributed by atoms with E-state index in [-0.39, 0.29) is 29.8 Å². The predicted octanol–water partition coefficient (Wildman–Crippen LogP) is 2.86. The van der Waals surface area contributed by atoms with E-state index in [2.05, 4.69) is 0 Å². The van der Waals surface area contributed by atoms with Crippen molar-refractivity contribution in [1.82, 2.24) is 0 Å².